The van der Waals surface area contributed by atoms with Crippen molar-refractivity contribution in [1.82, 2.24) is 0 Å². The Bertz CT molecular complexity index is 156. The molecule has 0 aromatic heterocycles. The van der Waals surface area contributed by atoms with E-state index in [1.165, 1.54) is 0 Å². The second kappa shape index (κ2) is 9.75. The predicted molar refractivity (Wildman–Crippen MR) is 64.1 cm³/mol. The van der Waals surface area contributed by atoms with Crippen molar-refractivity contribution < 1.29 is 20.1 Å². The van der Waals surface area contributed by atoms with Crippen LogP contribution in [0.15, 0.2) is 0 Å². The molecular formula is C12H26O4. The molecule has 0 aliphatic heterocycles. The number of hydrogen-bond acceptors (Lipinski definition) is 4. The summed E-state index contributed by atoms with van der Waals surface area (Å²) in [4.78, 5) is 10.3. The normalized spacial score (nSPS) is 11.0. The van der Waals surface area contributed by atoms with E-state index < -0.39 is 5.41 Å². The minimum absolute atomic E-state index is 0.156. The van der Waals surface area contributed by atoms with Gasteiger partial charge < -0.3 is 20.1 Å². The van der Waals surface area contributed by atoms with E-state index in [1.54, 1.807) is 6.92 Å². The number of aliphatic hydroxyl groups is 3. The zero-order valence-corrected chi connectivity index (χ0v) is 10.9. The van der Waals surface area contributed by atoms with Crippen molar-refractivity contribution in [2.24, 2.45) is 11.3 Å². The minimum atomic E-state index is -0.667. The summed E-state index contributed by atoms with van der Waals surface area (Å²) in [5, 5.41) is 26.0. The molecule has 0 bridgehead atoms. The summed E-state index contributed by atoms with van der Waals surface area (Å²) >= 11 is 0. The van der Waals surface area contributed by atoms with E-state index in [9.17, 15) is 4.79 Å². The number of carbonyl (C=O) groups excluding carboxylic acids is 1. The van der Waals surface area contributed by atoms with Crippen molar-refractivity contribution in [1.29, 1.82) is 0 Å². The van der Waals surface area contributed by atoms with Gasteiger partial charge in [-0.2, -0.15) is 0 Å². The fourth-order valence-electron chi connectivity index (χ4n) is 1.06. The van der Waals surface area contributed by atoms with Gasteiger partial charge in [-0.15, -0.1) is 0 Å². The van der Waals surface area contributed by atoms with Crippen molar-refractivity contribution in [3.05, 3.63) is 0 Å². The molecule has 0 aliphatic carbocycles. The van der Waals surface area contributed by atoms with Crippen LogP contribution >= 0.6 is 0 Å². The molecule has 98 valence electrons. The lowest BCUT2D eigenvalue weighted by Gasteiger charge is -2.24. The fourth-order valence-corrected chi connectivity index (χ4v) is 1.06. The van der Waals surface area contributed by atoms with Gasteiger partial charge in [0.25, 0.3) is 0 Å². The van der Waals surface area contributed by atoms with E-state index >= 15 is 0 Å². The summed E-state index contributed by atoms with van der Waals surface area (Å²) in [6.45, 7) is 7.06. The van der Waals surface area contributed by atoms with Gasteiger partial charge in [0, 0.05) is 11.8 Å². The SMILES string of the molecule is CC(=O)CC(C)C.CCC(CO)(CO)CO. The lowest BCUT2D eigenvalue weighted by molar-refractivity contribution is -0.117. The first-order chi connectivity index (χ1) is 7.37. The van der Waals surface area contributed by atoms with Gasteiger partial charge in [0.05, 0.1) is 19.8 Å². The molecule has 0 aliphatic rings. The number of carbonyl (C=O) groups is 1. The summed E-state index contributed by atoms with van der Waals surface area (Å²) < 4.78 is 0. The van der Waals surface area contributed by atoms with Crippen LogP contribution in [0.5, 0.6) is 0 Å². The molecule has 4 nitrogen and oxygen atoms in total. The molecule has 4 heteroatoms. The zero-order valence-electron chi connectivity index (χ0n) is 10.9. The topological polar surface area (TPSA) is 77.8 Å². The van der Waals surface area contributed by atoms with E-state index in [0.29, 0.717) is 12.3 Å². The maximum atomic E-state index is 10.3. The Morgan fingerprint density at radius 1 is 1.12 bits per heavy atom. The standard InChI is InChI=1S/C6H14O3.C6H12O/c1-2-6(3-7,4-8)5-9;1-5(2)4-6(3)7/h7-9H,2-5H2,1H3;5H,4H2,1-3H3. The smallest absolute Gasteiger partial charge is 0.130 e. The Labute approximate surface area is 98.3 Å². The van der Waals surface area contributed by atoms with E-state index in [2.05, 4.69) is 0 Å². The largest absolute Gasteiger partial charge is 0.396 e. The molecule has 0 unspecified atom stereocenters. The number of hydrogen-bond donors (Lipinski definition) is 3. The molecule has 3 N–H and O–H groups in total. The number of ketones is 1. The van der Waals surface area contributed by atoms with Crippen LogP contribution in [0.1, 0.15) is 40.5 Å². The molecule has 0 aromatic rings. The first-order valence-corrected chi connectivity index (χ1v) is 5.69. The monoisotopic (exact) mass is 234 g/mol. The van der Waals surface area contributed by atoms with Gasteiger partial charge in [-0.3, -0.25) is 0 Å². The second-order valence-corrected chi connectivity index (χ2v) is 4.63. The fraction of sp³-hybridized carbons (Fsp3) is 0.917. The van der Waals surface area contributed by atoms with Crippen molar-refractivity contribution in [2.75, 3.05) is 19.8 Å². The predicted octanol–water partition coefficient (Wildman–Crippen LogP) is 0.981. The number of Topliss-reactive ketones (excluding diaryl/α,β-unsaturated/α-hetero) is 1. The van der Waals surface area contributed by atoms with Gasteiger partial charge >= 0.3 is 0 Å². The summed E-state index contributed by atoms with van der Waals surface area (Å²) in [6, 6.07) is 0. The van der Waals surface area contributed by atoms with Crippen LogP contribution in [0.4, 0.5) is 0 Å². The number of rotatable bonds is 6. The van der Waals surface area contributed by atoms with Gasteiger partial charge in [-0.1, -0.05) is 20.8 Å². The Morgan fingerprint density at radius 2 is 1.50 bits per heavy atom. The van der Waals surface area contributed by atoms with E-state index in [0.717, 1.165) is 6.42 Å². The van der Waals surface area contributed by atoms with Gasteiger partial charge in [-0.05, 0) is 19.3 Å². The zero-order chi connectivity index (χ0) is 13.2. The second-order valence-electron chi connectivity index (χ2n) is 4.63. The Hall–Kier alpha value is -0.450. The average Bonchev–Trinajstić information content (AvgIpc) is 2.21. The average molecular weight is 234 g/mol. The minimum Gasteiger partial charge on any atom is -0.396 e. The van der Waals surface area contributed by atoms with Gasteiger partial charge in [-0.25, -0.2) is 0 Å². The first kappa shape index (κ1) is 17.9. The van der Waals surface area contributed by atoms with Gasteiger partial charge in [0.2, 0.25) is 0 Å². The lowest BCUT2D eigenvalue weighted by atomic mass is 9.88. The van der Waals surface area contributed by atoms with Crippen molar-refractivity contribution in [3.63, 3.8) is 0 Å². The molecule has 0 radical (unpaired) electrons. The summed E-state index contributed by atoms with van der Waals surface area (Å²) in [5.41, 5.74) is -0.667. The third kappa shape index (κ3) is 8.83. The Morgan fingerprint density at radius 3 is 1.50 bits per heavy atom. The van der Waals surface area contributed by atoms with Crippen LogP contribution in [0, 0.1) is 11.3 Å². The van der Waals surface area contributed by atoms with E-state index in [4.69, 9.17) is 15.3 Å². The van der Waals surface area contributed by atoms with Crippen LogP contribution in [-0.2, 0) is 4.79 Å². The quantitative estimate of drug-likeness (QED) is 0.640. The lowest BCUT2D eigenvalue weighted by Crippen LogP contribution is -2.32. The summed E-state index contributed by atoms with van der Waals surface area (Å²) in [5.74, 6) is 0.813. The molecule has 0 atom stereocenters. The van der Waals surface area contributed by atoms with E-state index in [1.807, 2.05) is 20.8 Å². The van der Waals surface area contributed by atoms with Crippen LogP contribution in [0.3, 0.4) is 0 Å². The van der Waals surface area contributed by atoms with Crippen LogP contribution < -0.4 is 0 Å². The van der Waals surface area contributed by atoms with E-state index in [-0.39, 0.29) is 25.6 Å². The molecule has 0 aromatic carbocycles. The highest BCUT2D eigenvalue weighted by Crippen LogP contribution is 2.18. The number of aliphatic hydroxyl groups excluding tert-OH is 3. The maximum Gasteiger partial charge on any atom is 0.130 e. The molecule has 0 fully saturated rings. The third-order valence-electron chi connectivity index (χ3n) is 2.45. The molecule has 0 saturated heterocycles. The third-order valence-corrected chi connectivity index (χ3v) is 2.45. The molecule has 0 heterocycles. The molecule has 0 amide bonds. The molecule has 16 heavy (non-hydrogen) atoms. The summed E-state index contributed by atoms with van der Waals surface area (Å²) in [7, 11) is 0. The molecular weight excluding hydrogens is 208 g/mol. The van der Waals surface area contributed by atoms with Crippen LogP contribution in [-0.4, -0.2) is 40.9 Å². The van der Waals surface area contributed by atoms with Crippen molar-refractivity contribution in [2.45, 2.75) is 40.5 Å². The molecule has 0 rings (SSSR count). The van der Waals surface area contributed by atoms with Gasteiger partial charge in [0.15, 0.2) is 0 Å². The maximum absolute atomic E-state index is 10.3. The Kier molecular flexibility index (Phi) is 10.9. The van der Waals surface area contributed by atoms with Crippen molar-refractivity contribution in [3.8, 4) is 0 Å². The highest BCUT2D eigenvalue weighted by molar-refractivity contribution is 5.75. The van der Waals surface area contributed by atoms with Crippen LogP contribution in [0.2, 0.25) is 0 Å². The Balaban J connectivity index is 0. The molecule has 0 saturated carbocycles. The molecule has 0 spiro atoms. The highest BCUT2D eigenvalue weighted by atomic mass is 16.3. The first-order valence-electron chi connectivity index (χ1n) is 5.69. The summed E-state index contributed by atoms with van der Waals surface area (Å²) in [6.07, 6.45) is 1.32. The van der Waals surface area contributed by atoms with Gasteiger partial charge in [0.1, 0.15) is 5.78 Å². The highest BCUT2D eigenvalue weighted by Gasteiger charge is 2.24. The van der Waals surface area contributed by atoms with Crippen molar-refractivity contribution >= 4 is 5.78 Å². The van der Waals surface area contributed by atoms with Crippen LogP contribution in [0.25, 0.3) is 0 Å².